The van der Waals surface area contributed by atoms with Crippen LogP contribution in [0.15, 0.2) is 24.3 Å². The van der Waals surface area contributed by atoms with Crippen LogP contribution in [-0.2, 0) is 29.2 Å². The van der Waals surface area contributed by atoms with Crippen LogP contribution < -0.4 is 0 Å². The van der Waals surface area contributed by atoms with Gasteiger partial charge in [0.25, 0.3) is 0 Å². The lowest BCUT2D eigenvalue weighted by Crippen LogP contribution is -2.49. The molecule has 0 fully saturated rings. The minimum atomic E-state index is -2.07. The van der Waals surface area contributed by atoms with E-state index < -0.39 is 31.2 Å². The van der Waals surface area contributed by atoms with E-state index in [0.717, 1.165) is 25.1 Å². The quantitative estimate of drug-likeness (QED) is 0.0778. The Morgan fingerprint density at radius 1 is 0.897 bits per heavy atom. The van der Waals surface area contributed by atoms with Crippen molar-refractivity contribution in [3.05, 3.63) is 35.4 Å². The second-order valence-corrected chi connectivity index (χ2v) is 24.9. The fraction of sp³-hybridized carbons (Fsp3) is 0.759. The van der Waals surface area contributed by atoms with Crippen LogP contribution in [0.3, 0.4) is 0 Å². The van der Waals surface area contributed by atoms with Crippen LogP contribution >= 0.6 is 0 Å². The van der Waals surface area contributed by atoms with Gasteiger partial charge in [0.15, 0.2) is 14.6 Å². The Morgan fingerprint density at radius 3 is 2.08 bits per heavy atom. The number of carbonyl (C=O) groups excluding carboxylic acids is 1. The minimum absolute atomic E-state index is 0.296. The maximum atomic E-state index is 11.4. The van der Waals surface area contributed by atoms with Gasteiger partial charge in [0.1, 0.15) is 6.61 Å². The fourth-order valence-electron chi connectivity index (χ4n) is 3.86. The molecule has 1 atom stereocenters. The molecule has 10 heteroatoms. The average Bonchev–Trinajstić information content (AvgIpc) is 2.88. The van der Waals surface area contributed by atoms with Gasteiger partial charge in [0.05, 0.1) is 20.2 Å². The van der Waals surface area contributed by atoms with Crippen LogP contribution in [-0.4, -0.2) is 75.5 Å². The zero-order chi connectivity index (χ0) is 30.0. The highest BCUT2D eigenvalue weighted by Crippen LogP contribution is 2.23. The molecule has 0 bridgehead atoms. The molecule has 0 radical (unpaired) electrons. The SMILES string of the molecule is CCCC[Si](C)(C)CO[Si](C)(C)O[Si](C)(C)CCCOC(O)CC.CCc1ccc(C(=O)OCCOC)cc1. The lowest BCUT2D eigenvalue weighted by atomic mass is 10.1. The molecule has 0 heterocycles. The van der Waals surface area contributed by atoms with Gasteiger partial charge in [-0.15, -0.1) is 0 Å². The summed E-state index contributed by atoms with van der Waals surface area (Å²) in [5, 5.41) is 9.43. The highest BCUT2D eigenvalue weighted by atomic mass is 28.4. The van der Waals surface area contributed by atoms with Gasteiger partial charge in [-0.3, -0.25) is 0 Å². The normalized spacial score (nSPS) is 13.0. The molecule has 0 aliphatic heterocycles. The summed E-state index contributed by atoms with van der Waals surface area (Å²) in [7, 11) is -3.51. The number of esters is 1. The molecule has 0 aromatic heterocycles. The van der Waals surface area contributed by atoms with Crippen molar-refractivity contribution in [2.75, 3.05) is 33.2 Å². The Bertz CT molecular complexity index is 771. The molecule has 228 valence electrons. The van der Waals surface area contributed by atoms with Crippen molar-refractivity contribution in [1.82, 2.24) is 0 Å². The summed E-state index contributed by atoms with van der Waals surface area (Å²) < 4.78 is 28.0. The van der Waals surface area contributed by atoms with E-state index in [1.54, 1.807) is 19.2 Å². The van der Waals surface area contributed by atoms with Gasteiger partial charge in [-0.05, 0) is 69.2 Å². The number of rotatable bonds is 19. The van der Waals surface area contributed by atoms with Crippen LogP contribution in [0.25, 0.3) is 0 Å². The number of aliphatic hydroxyl groups excluding tert-OH is 1. The minimum Gasteiger partial charge on any atom is -0.460 e. The predicted octanol–water partition coefficient (Wildman–Crippen LogP) is 7.16. The highest BCUT2D eigenvalue weighted by Gasteiger charge is 2.36. The lowest BCUT2D eigenvalue weighted by Gasteiger charge is -2.35. The van der Waals surface area contributed by atoms with Crippen molar-refractivity contribution in [3.63, 3.8) is 0 Å². The smallest absolute Gasteiger partial charge is 0.338 e. The monoisotopic (exact) mass is 602 g/mol. The third-order valence-electron chi connectivity index (χ3n) is 6.24. The van der Waals surface area contributed by atoms with Crippen molar-refractivity contribution in [3.8, 4) is 0 Å². The van der Waals surface area contributed by atoms with Crippen molar-refractivity contribution < 1.29 is 32.7 Å². The van der Waals surface area contributed by atoms with Crippen LogP contribution in [0.4, 0.5) is 0 Å². The third-order valence-corrected chi connectivity index (χ3v) is 15.7. The zero-order valence-corrected chi connectivity index (χ0v) is 29.6. The molecule has 7 nitrogen and oxygen atoms in total. The number of hydrogen-bond acceptors (Lipinski definition) is 7. The Balaban J connectivity index is 0.000000820. The lowest BCUT2D eigenvalue weighted by molar-refractivity contribution is -0.0998. The maximum absolute atomic E-state index is 11.4. The Morgan fingerprint density at radius 2 is 1.54 bits per heavy atom. The molecule has 1 N–H and O–H groups in total. The number of aryl methyl sites for hydroxylation is 1. The average molecular weight is 603 g/mol. The number of carbonyl (C=O) groups is 1. The molecule has 1 aromatic carbocycles. The van der Waals surface area contributed by atoms with Crippen LogP contribution in [0, 0.1) is 0 Å². The number of methoxy groups -OCH3 is 1. The van der Waals surface area contributed by atoms with E-state index in [1.807, 2.05) is 19.1 Å². The molecule has 39 heavy (non-hydrogen) atoms. The summed E-state index contributed by atoms with van der Waals surface area (Å²) in [6.45, 7) is 21.3. The summed E-state index contributed by atoms with van der Waals surface area (Å²) in [6, 6.07) is 9.83. The summed E-state index contributed by atoms with van der Waals surface area (Å²) in [4.78, 5) is 11.4. The van der Waals surface area contributed by atoms with Crippen LogP contribution in [0.1, 0.15) is 62.4 Å². The zero-order valence-electron chi connectivity index (χ0n) is 26.6. The third kappa shape index (κ3) is 19.8. The van der Waals surface area contributed by atoms with Crippen LogP contribution in [0.5, 0.6) is 0 Å². The van der Waals surface area contributed by atoms with Crippen LogP contribution in [0.2, 0.25) is 51.4 Å². The number of ether oxygens (including phenoxy) is 3. The van der Waals surface area contributed by atoms with E-state index in [1.165, 1.54) is 24.4 Å². The molecule has 0 spiro atoms. The number of hydrogen-bond donors (Lipinski definition) is 1. The highest BCUT2D eigenvalue weighted by molar-refractivity contribution is 6.83. The Hall–Kier alpha value is -0.859. The molecule has 0 aliphatic rings. The summed E-state index contributed by atoms with van der Waals surface area (Å²) in [6.07, 6.45) is 5.43. The van der Waals surface area contributed by atoms with E-state index in [-0.39, 0.29) is 5.97 Å². The molecule has 1 aromatic rings. The molecule has 0 saturated heterocycles. The molecular weight excluding hydrogens is 545 g/mol. The first-order valence-electron chi connectivity index (χ1n) is 14.6. The van der Waals surface area contributed by atoms with Gasteiger partial charge in [0, 0.05) is 19.9 Å². The molecule has 1 unspecified atom stereocenters. The van der Waals surface area contributed by atoms with Gasteiger partial charge in [0.2, 0.25) is 0 Å². The van der Waals surface area contributed by atoms with Crippen molar-refractivity contribution in [1.29, 1.82) is 0 Å². The number of aliphatic hydroxyl groups is 1. The van der Waals surface area contributed by atoms with Crippen molar-refractivity contribution in [2.45, 2.75) is 111 Å². The molecule has 1 rings (SSSR count). The van der Waals surface area contributed by atoms with E-state index in [4.69, 9.17) is 22.8 Å². The molecular formula is C29H58O7Si3. The van der Waals surface area contributed by atoms with E-state index in [9.17, 15) is 9.90 Å². The first kappa shape index (κ1) is 38.1. The van der Waals surface area contributed by atoms with E-state index >= 15 is 0 Å². The van der Waals surface area contributed by atoms with Crippen molar-refractivity contribution >= 4 is 30.9 Å². The number of unbranched alkanes of at least 4 members (excludes halogenated alkanes) is 1. The Kier molecular flexibility index (Phi) is 19.6. The molecule has 0 amide bonds. The fourth-order valence-corrected chi connectivity index (χ4v) is 15.2. The summed E-state index contributed by atoms with van der Waals surface area (Å²) in [5.41, 5.74) is 1.80. The first-order valence-corrected chi connectivity index (χ1v) is 23.9. The van der Waals surface area contributed by atoms with Gasteiger partial charge in [-0.25, -0.2) is 4.79 Å². The maximum Gasteiger partial charge on any atom is 0.338 e. The number of benzene rings is 1. The second-order valence-electron chi connectivity index (χ2n) is 11.8. The molecule has 0 saturated carbocycles. The first-order chi connectivity index (χ1) is 18.2. The Labute approximate surface area is 242 Å². The van der Waals surface area contributed by atoms with Gasteiger partial charge < -0.3 is 27.9 Å². The second kappa shape index (κ2) is 20.1. The predicted molar refractivity (Wildman–Crippen MR) is 169 cm³/mol. The topological polar surface area (TPSA) is 83.5 Å². The summed E-state index contributed by atoms with van der Waals surface area (Å²) >= 11 is 0. The summed E-state index contributed by atoms with van der Waals surface area (Å²) in [5.74, 6) is -0.297. The molecule has 0 aliphatic carbocycles. The standard InChI is InChI=1S/C17H42O4Si3.C12H16O3/c1-9-11-14-22(3,4)16-20-24(7,8)21-23(5,6)15-12-13-19-17(18)10-2;1-3-10-4-6-11(7-5-10)12(13)15-9-8-14-2/h17-18H,9-16H2,1-8H3;4-7H,3,8-9H2,1-2H3. The van der Waals surface area contributed by atoms with Crippen molar-refractivity contribution in [2.24, 2.45) is 0 Å². The van der Waals surface area contributed by atoms with Gasteiger partial charge >= 0.3 is 14.5 Å². The van der Waals surface area contributed by atoms with Gasteiger partial charge in [-0.2, -0.15) is 0 Å². The largest absolute Gasteiger partial charge is 0.460 e. The van der Waals surface area contributed by atoms with E-state index in [0.29, 0.717) is 31.8 Å². The van der Waals surface area contributed by atoms with Gasteiger partial charge in [-0.1, -0.05) is 64.9 Å². The van der Waals surface area contributed by atoms with E-state index in [2.05, 4.69) is 53.1 Å².